The lowest BCUT2D eigenvalue weighted by atomic mass is 9.94. The second-order valence-electron chi connectivity index (χ2n) is 6.45. The molecule has 0 saturated carbocycles. The molecule has 2 aliphatic rings. The summed E-state index contributed by atoms with van der Waals surface area (Å²) in [6, 6.07) is 7.58. The van der Waals surface area contributed by atoms with Crippen LogP contribution < -0.4 is 5.32 Å². The van der Waals surface area contributed by atoms with Crippen LogP contribution in [-0.2, 0) is 4.79 Å². The maximum Gasteiger partial charge on any atom is 0.321 e. The second kappa shape index (κ2) is 6.58. The molecule has 0 spiro atoms. The number of amides is 3. The van der Waals surface area contributed by atoms with Gasteiger partial charge in [0.05, 0.1) is 6.10 Å². The molecule has 23 heavy (non-hydrogen) atoms. The summed E-state index contributed by atoms with van der Waals surface area (Å²) in [4.78, 5) is 27.9. The molecular weight excluding hydrogens is 294 g/mol. The third-order valence-electron chi connectivity index (χ3n) is 4.61. The molecule has 0 aliphatic carbocycles. The summed E-state index contributed by atoms with van der Waals surface area (Å²) >= 11 is 0. The van der Waals surface area contributed by atoms with E-state index in [0.29, 0.717) is 39.0 Å². The first-order valence-electron chi connectivity index (χ1n) is 8.12. The zero-order valence-corrected chi connectivity index (χ0v) is 13.4. The van der Waals surface area contributed by atoms with Gasteiger partial charge < -0.3 is 20.2 Å². The van der Waals surface area contributed by atoms with E-state index < -0.39 is 0 Å². The minimum Gasteiger partial charge on any atom is -0.389 e. The van der Waals surface area contributed by atoms with Crippen molar-refractivity contribution < 1.29 is 14.7 Å². The molecule has 6 heteroatoms. The molecule has 0 aromatic heterocycles. The number of hydrogen-bond acceptors (Lipinski definition) is 3. The van der Waals surface area contributed by atoms with Gasteiger partial charge in [0.25, 0.3) is 0 Å². The SMILES string of the molecule is Cc1ccc(NC(=O)N2CCC(C(=O)N3CC(O)C3)CC2)cc1. The van der Waals surface area contributed by atoms with Crippen LogP contribution in [0, 0.1) is 12.8 Å². The molecule has 2 heterocycles. The van der Waals surface area contributed by atoms with Gasteiger partial charge in [-0.15, -0.1) is 0 Å². The first kappa shape index (κ1) is 15.8. The summed E-state index contributed by atoms with van der Waals surface area (Å²) in [7, 11) is 0. The number of carbonyl (C=O) groups excluding carboxylic acids is 2. The average molecular weight is 317 g/mol. The number of hydrogen-bond donors (Lipinski definition) is 2. The van der Waals surface area contributed by atoms with Crippen LogP contribution in [0.15, 0.2) is 24.3 Å². The number of aliphatic hydroxyl groups excluding tert-OH is 1. The fourth-order valence-electron chi connectivity index (χ4n) is 3.06. The molecule has 1 aromatic rings. The van der Waals surface area contributed by atoms with Gasteiger partial charge in [0.2, 0.25) is 5.91 Å². The highest BCUT2D eigenvalue weighted by Crippen LogP contribution is 2.23. The molecule has 2 fully saturated rings. The second-order valence-corrected chi connectivity index (χ2v) is 6.45. The van der Waals surface area contributed by atoms with E-state index in [-0.39, 0.29) is 24.0 Å². The van der Waals surface area contributed by atoms with Crippen molar-refractivity contribution in [3.8, 4) is 0 Å². The van der Waals surface area contributed by atoms with E-state index in [1.807, 2.05) is 31.2 Å². The van der Waals surface area contributed by atoms with Crippen molar-refractivity contribution in [2.45, 2.75) is 25.9 Å². The van der Waals surface area contributed by atoms with Gasteiger partial charge in [0.1, 0.15) is 0 Å². The predicted molar refractivity (Wildman–Crippen MR) is 87.1 cm³/mol. The summed E-state index contributed by atoms with van der Waals surface area (Å²) < 4.78 is 0. The number of aryl methyl sites for hydroxylation is 1. The van der Waals surface area contributed by atoms with Crippen LogP contribution in [0.5, 0.6) is 0 Å². The Hall–Kier alpha value is -2.08. The van der Waals surface area contributed by atoms with E-state index in [1.165, 1.54) is 0 Å². The maximum absolute atomic E-state index is 12.3. The molecular formula is C17H23N3O3. The Morgan fingerprint density at radius 1 is 1.09 bits per heavy atom. The summed E-state index contributed by atoms with van der Waals surface area (Å²) in [5.41, 5.74) is 1.94. The van der Waals surface area contributed by atoms with Crippen LogP contribution in [0.3, 0.4) is 0 Å². The van der Waals surface area contributed by atoms with E-state index in [1.54, 1.807) is 9.80 Å². The number of benzene rings is 1. The van der Waals surface area contributed by atoms with E-state index in [4.69, 9.17) is 0 Å². The smallest absolute Gasteiger partial charge is 0.321 e. The molecule has 3 rings (SSSR count). The molecule has 2 aliphatic heterocycles. The topological polar surface area (TPSA) is 72.9 Å². The van der Waals surface area contributed by atoms with Crippen LogP contribution in [0.4, 0.5) is 10.5 Å². The monoisotopic (exact) mass is 317 g/mol. The lowest BCUT2D eigenvalue weighted by Crippen LogP contribution is -2.56. The van der Waals surface area contributed by atoms with Gasteiger partial charge in [-0.2, -0.15) is 0 Å². The number of carbonyl (C=O) groups is 2. The van der Waals surface area contributed by atoms with Crippen molar-refractivity contribution >= 4 is 17.6 Å². The molecule has 3 amide bonds. The van der Waals surface area contributed by atoms with Crippen LogP contribution in [0.2, 0.25) is 0 Å². The summed E-state index contributed by atoms with van der Waals surface area (Å²) in [6.45, 7) is 4.08. The number of rotatable bonds is 2. The zero-order valence-electron chi connectivity index (χ0n) is 13.4. The molecule has 124 valence electrons. The third-order valence-corrected chi connectivity index (χ3v) is 4.61. The van der Waals surface area contributed by atoms with Crippen molar-refractivity contribution in [2.24, 2.45) is 5.92 Å². The van der Waals surface area contributed by atoms with E-state index in [2.05, 4.69) is 5.32 Å². The Morgan fingerprint density at radius 3 is 2.26 bits per heavy atom. The predicted octanol–water partition coefficient (Wildman–Crippen LogP) is 1.44. The van der Waals surface area contributed by atoms with Crippen LogP contribution in [0.25, 0.3) is 0 Å². The molecule has 2 N–H and O–H groups in total. The highest BCUT2D eigenvalue weighted by Gasteiger charge is 2.35. The Labute approximate surface area is 136 Å². The first-order valence-corrected chi connectivity index (χ1v) is 8.12. The number of nitrogens with zero attached hydrogens (tertiary/aromatic N) is 2. The number of β-amino-alcohol motifs (C(OH)–C–C–N with tert-alkyl or cyclic N) is 1. The maximum atomic E-state index is 12.3. The fraction of sp³-hybridized carbons (Fsp3) is 0.529. The number of likely N-dealkylation sites (tertiary alicyclic amines) is 2. The van der Waals surface area contributed by atoms with Gasteiger partial charge in [0.15, 0.2) is 0 Å². The summed E-state index contributed by atoms with van der Waals surface area (Å²) in [5.74, 6) is 0.0971. The van der Waals surface area contributed by atoms with Crippen molar-refractivity contribution in [1.82, 2.24) is 9.80 Å². The molecule has 6 nitrogen and oxygen atoms in total. The number of aliphatic hydroxyl groups is 1. The number of piperidine rings is 1. The number of anilines is 1. The molecule has 2 saturated heterocycles. The number of urea groups is 1. The third kappa shape index (κ3) is 3.64. The number of nitrogens with one attached hydrogen (secondary N) is 1. The van der Waals surface area contributed by atoms with Gasteiger partial charge in [-0.05, 0) is 31.9 Å². The normalized spacial score (nSPS) is 19.4. The largest absolute Gasteiger partial charge is 0.389 e. The van der Waals surface area contributed by atoms with E-state index in [9.17, 15) is 14.7 Å². The van der Waals surface area contributed by atoms with Crippen molar-refractivity contribution in [2.75, 3.05) is 31.5 Å². The zero-order chi connectivity index (χ0) is 16.4. The summed E-state index contributed by atoms with van der Waals surface area (Å²) in [6.07, 6.45) is 1.01. The molecule has 0 radical (unpaired) electrons. The van der Waals surface area contributed by atoms with Crippen LogP contribution in [-0.4, -0.2) is 59.1 Å². The summed E-state index contributed by atoms with van der Waals surface area (Å²) in [5, 5.41) is 12.2. The van der Waals surface area contributed by atoms with E-state index >= 15 is 0 Å². The first-order chi connectivity index (χ1) is 11.0. The lowest BCUT2D eigenvalue weighted by molar-refractivity contribution is -0.147. The molecule has 0 bridgehead atoms. The highest BCUT2D eigenvalue weighted by atomic mass is 16.3. The van der Waals surface area contributed by atoms with Crippen LogP contribution in [0.1, 0.15) is 18.4 Å². The molecule has 0 atom stereocenters. The van der Waals surface area contributed by atoms with E-state index in [0.717, 1.165) is 11.3 Å². The molecule has 0 unspecified atom stereocenters. The van der Waals surface area contributed by atoms with Gasteiger partial charge in [0, 0.05) is 37.8 Å². The molecule has 1 aromatic carbocycles. The van der Waals surface area contributed by atoms with Gasteiger partial charge >= 0.3 is 6.03 Å². The Kier molecular flexibility index (Phi) is 4.52. The van der Waals surface area contributed by atoms with Crippen molar-refractivity contribution in [3.05, 3.63) is 29.8 Å². The Morgan fingerprint density at radius 2 is 1.70 bits per heavy atom. The van der Waals surface area contributed by atoms with Crippen molar-refractivity contribution in [1.29, 1.82) is 0 Å². The highest BCUT2D eigenvalue weighted by molar-refractivity contribution is 5.89. The van der Waals surface area contributed by atoms with Gasteiger partial charge in [-0.25, -0.2) is 4.79 Å². The minimum atomic E-state index is -0.362. The van der Waals surface area contributed by atoms with Crippen molar-refractivity contribution in [3.63, 3.8) is 0 Å². The fourth-order valence-corrected chi connectivity index (χ4v) is 3.06. The lowest BCUT2D eigenvalue weighted by Gasteiger charge is -2.40. The van der Waals surface area contributed by atoms with Crippen LogP contribution >= 0.6 is 0 Å². The standard InChI is InChI=1S/C17H23N3O3/c1-12-2-4-14(5-3-12)18-17(23)19-8-6-13(7-9-19)16(22)20-10-15(21)11-20/h2-5,13,15,21H,6-11H2,1H3,(H,18,23). The minimum absolute atomic E-state index is 0.0223. The quantitative estimate of drug-likeness (QED) is 0.867. The Balaban J connectivity index is 1.47. The Bertz CT molecular complexity index is 573. The average Bonchev–Trinajstić information content (AvgIpc) is 2.53. The van der Waals surface area contributed by atoms with Gasteiger partial charge in [-0.1, -0.05) is 17.7 Å². The van der Waals surface area contributed by atoms with Gasteiger partial charge in [-0.3, -0.25) is 4.79 Å².